The number of carboxylic acid groups (broad SMARTS) is 1. The quantitative estimate of drug-likeness (QED) is 0.685. The van der Waals surface area contributed by atoms with E-state index in [9.17, 15) is 15.2 Å². The maximum Gasteiger partial charge on any atom is 0.407 e. The van der Waals surface area contributed by atoms with Crippen molar-refractivity contribution < 1.29 is 14.3 Å². The van der Waals surface area contributed by atoms with Crippen LogP contribution in [0.3, 0.4) is 0 Å². The molecule has 1 aliphatic rings. The number of rotatable bonds is 5. The van der Waals surface area contributed by atoms with Crippen molar-refractivity contribution >= 4 is 14.4 Å². The van der Waals surface area contributed by atoms with Crippen LogP contribution in [-0.4, -0.2) is 43.1 Å². The molecule has 1 rings (SSSR count). The molecule has 2 atom stereocenters. The Morgan fingerprint density at radius 2 is 1.88 bits per heavy atom. The molecular weight excluding hydrogens is 332 g/mol. The topological polar surface area (TPSA) is 73.6 Å². The Kier molecular flexibility index (Phi) is 6.40. The van der Waals surface area contributed by atoms with Gasteiger partial charge in [0, 0.05) is 18.7 Å². The summed E-state index contributed by atoms with van der Waals surface area (Å²) in [6.45, 7) is 17.7. The molecule has 1 fully saturated rings. The molecule has 25 heavy (non-hydrogen) atoms. The fraction of sp³-hybridized carbons (Fsp3) is 0.895. The highest BCUT2D eigenvalue weighted by Gasteiger charge is 2.45. The molecule has 0 heterocycles. The number of hydrogen-bond donors (Lipinski definition) is 1. The molecule has 2 unspecified atom stereocenters. The zero-order valence-electron chi connectivity index (χ0n) is 17.3. The highest BCUT2D eigenvalue weighted by Crippen LogP contribution is 2.44. The predicted octanol–water partition coefficient (Wildman–Crippen LogP) is 5.10. The van der Waals surface area contributed by atoms with Gasteiger partial charge in [0.05, 0.1) is 11.5 Å². The van der Waals surface area contributed by atoms with Gasteiger partial charge in [-0.05, 0) is 64.1 Å². The van der Waals surface area contributed by atoms with Gasteiger partial charge in [-0.15, -0.1) is 0 Å². The monoisotopic (exact) mass is 368 g/mol. The standard InChI is InChI=1S/C19H36N2O3Si/c1-17(2,3)21(16(22)23)14-19(13-20)10-9-15(11-19)12-24-25(7,8)18(4,5)6/h15H,9-12,14H2,1-8H3,(H,22,23). The minimum Gasteiger partial charge on any atom is -0.465 e. The van der Waals surface area contributed by atoms with Crippen molar-refractivity contribution in [2.24, 2.45) is 11.3 Å². The second-order valence-corrected chi connectivity index (χ2v) is 14.9. The number of nitrogens with zero attached hydrogens (tertiary/aromatic N) is 2. The van der Waals surface area contributed by atoms with Gasteiger partial charge < -0.3 is 14.4 Å². The molecule has 144 valence electrons. The van der Waals surface area contributed by atoms with Crippen molar-refractivity contribution in [1.29, 1.82) is 5.26 Å². The molecule has 0 bridgehead atoms. The maximum absolute atomic E-state index is 11.6. The molecule has 1 aliphatic carbocycles. The molecule has 0 saturated heterocycles. The fourth-order valence-corrected chi connectivity index (χ4v) is 4.18. The molecule has 0 aliphatic heterocycles. The van der Waals surface area contributed by atoms with E-state index in [1.54, 1.807) is 0 Å². The summed E-state index contributed by atoms with van der Waals surface area (Å²) in [4.78, 5) is 13.0. The predicted molar refractivity (Wildman–Crippen MR) is 103 cm³/mol. The molecular formula is C19H36N2O3Si. The maximum atomic E-state index is 11.6. The summed E-state index contributed by atoms with van der Waals surface area (Å²) in [6, 6.07) is 2.44. The summed E-state index contributed by atoms with van der Waals surface area (Å²) in [6.07, 6.45) is 1.44. The highest BCUT2D eigenvalue weighted by molar-refractivity contribution is 6.74. The fourth-order valence-electron chi connectivity index (χ4n) is 3.10. The van der Waals surface area contributed by atoms with Gasteiger partial charge in [0.15, 0.2) is 8.32 Å². The second kappa shape index (κ2) is 7.28. The normalized spacial score (nSPS) is 24.8. The van der Waals surface area contributed by atoms with E-state index in [4.69, 9.17) is 4.43 Å². The van der Waals surface area contributed by atoms with Crippen LogP contribution in [-0.2, 0) is 4.43 Å². The van der Waals surface area contributed by atoms with E-state index >= 15 is 0 Å². The summed E-state index contributed by atoms with van der Waals surface area (Å²) in [5.74, 6) is 0.337. The second-order valence-electron chi connectivity index (χ2n) is 10.1. The molecule has 1 N–H and O–H groups in total. The summed E-state index contributed by atoms with van der Waals surface area (Å²) < 4.78 is 6.33. The van der Waals surface area contributed by atoms with Gasteiger partial charge in [-0.1, -0.05) is 20.8 Å². The first kappa shape index (κ1) is 22.0. The molecule has 5 nitrogen and oxygen atoms in total. The lowest BCUT2D eigenvalue weighted by molar-refractivity contribution is 0.0765. The van der Waals surface area contributed by atoms with Gasteiger partial charge in [-0.2, -0.15) is 5.26 Å². The Bertz CT molecular complexity index is 528. The van der Waals surface area contributed by atoms with Gasteiger partial charge in [-0.25, -0.2) is 4.79 Å². The first-order valence-corrected chi connectivity index (χ1v) is 12.1. The minimum absolute atomic E-state index is 0.171. The largest absolute Gasteiger partial charge is 0.465 e. The molecule has 1 saturated carbocycles. The minimum atomic E-state index is -1.80. The van der Waals surface area contributed by atoms with Crippen LogP contribution < -0.4 is 0 Å². The molecule has 0 aromatic carbocycles. The van der Waals surface area contributed by atoms with E-state index in [-0.39, 0.29) is 11.6 Å². The zero-order chi connectivity index (χ0) is 19.7. The number of nitriles is 1. The lowest BCUT2D eigenvalue weighted by Crippen LogP contribution is -2.49. The van der Waals surface area contributed by atoms with Crippen molar-refractivity contribution in [3.63, 3.8) is 0 Å². The molecule has 0 aromatic heterocycles. The summed E-state index contributed by atoms with van der Waals surface area (Å²) in [5, 5.41) is 19.5. The van der Waals surface area contributed by atoms with Crippen molar-refractivity contribution in [2.45, 2.75) is 84.5 Å². The Hall–Kier alpha value is -1.06. The first-order valence-electron chi connectivity index (χ1n) is 9.19. The van der Waals surface area contributed by atoms with Crippen molar-refractivity contribution in [2.75, 3.05) is 13.2 Å². The SMILES string of the molecule is CC(C)(C)N(CC1(C#N)CCC(CO[Si](C)(C)C(C)(C)C)C1)C(=O)O. The van der Waals surface area contributed by atoms with Gasteiger partial charge in [-0.3, -0.25) is 0 Å². The van der Waals surface area contributed by atoms with Crippen molar-refractivity contribution in [3.05, 3.63) is 0 Å². The van der Waals surface area contributed by atoms with Crippen LogP contribution in [0.25, 0.3) is 0 Å². The zero-order valence-corrected chi connectivity index (χ0v) is 18.3. The third-order valence-corrected chi connectivity index (χ3v) is 10.4. The van der Waals surface area contributed by atoms with E-state index < -0.39 is 25.4 Å². The van der Waals surface area contributed by atoms with Gasteiger partial charge >= 0.3 is 6.09 Å². The molecule has 0 spiro atoms. The third kappa shape index (κ3) is 5.45. The molecule has 0 radical (unpaired) electrons. The van der Waals surface area contributed by atoms with Crippen LogP contribution in [0.2, 0.25) is 18.1 Å². The first-order chi connectivity index (χ1) is 11.1. The number of amides is 1. The van der Waals surface area contributed by atoms with E-state index in [1.165, 1.54) is 4.90 Å². The van der Waals surface area contributed by atoms with Crippen LogP contribution in [0.5, 0.6) is 0 Å². The summed E-state index contributed by atoms with van der Waals surface area (Å²) in [5.41, 5.74) is -1.10. The van der Waals surface area contributed by atoms with E-state index in [0.29, 0.717) is 12.5 Å². The van der Waals surface area contributed by atoms with E-state index in [1.807, 2.05) is 20.8 Å². The van der Waals surface area contributed by atoms with E-state index in [2.05, 4.69) is 39.9 Å². The van der Waals surface area contributed by atoms with Crippen LogP contribution in [0.1, 0.15) is 60.8 Å². The van der Waals surface area contributed by atoms with Crippen LogP contribution in [0.15, 0.2) is 0 Å². The summed E-state index contributed by atoms with van der Waals surface area (Å²) in [7, 11) is -1.80. The third-order valence-electron chi connectivity index (χ3n) is 5.94. The Morgan fingerprint density at radius 3 is 2.28 bits per heavy atom. The van der Waals surface area contributed by atoms with Crippen LogP contribution in [0, 0.1) is 22.7 Å². The average Bonchev–Trinajstić information content (AvgIpc) is 2.84. The van der Waals surface area contributed by atoms with Crippen LogP contribution in [0.4, 0.5) is 4.79 Å². The van der Waals surface area contributed by atoms with Gasteiger partial charge in [0.2, 0.25) is 0 Å². The Labute approximate surface area is 154 Å². The Morgan fingerprint density at radius 1 is 1.32 bits per heavy atom. The highest BCUT2D eigenvalue weighted by atomic mass is 28.4. The van der Waals surface area contributed by atoms with Crippen molar-refractivity contribution in [1.82, 2.24) is 4.90 Å². The number of carbonyl (C=O) groups is 1. The van der Waals surface area contributed by atoms with Gasteiger partial charge in [0.25, 0.3) is 0 Å². The lowest BCUT2D eigenvalue weighted by Gasteiger charge is -2.38. The van der Waals surface area contributed by atoms with Crippen LogP contribution >= 0.6 is 0 Å². The number of hydrogen-bond acceptors (Lipinski definition) is 3. The van der Waals surface area contributed by atoms with Gasteiger partial charge in [0.1, 0.15) is 0 Å². The average molecular weight is 369 g/mol. The Balaban J connectivity index is 2.78. The lowest BCUT2D eigenvalue weighted by atomic mass is 9.85. The smallest absolute Gasteiger partial charge is 0.407 e. The summed E-state index contributed by atoms with van der Waals surface area (Å²) >= 11 is 0. The molecule has 6 heteroatoms. The van der Waals surface area contributed by atoms with Crippen molar-refractivity contribution in [3.8, 4) is 6.07 Å². The molecule has 1 amide bonds. The van der Waals surface area contributed by atoms with E-state index in [0.717, 1.165) is 19.3 Å². The molecule has 0 aromatic rings.